The van der Waals surface area contributed by atoms with Gasteiger partial charge in [0.25, 0.3) is 5.91 Å². The number of ether oxygens (including phenoxy) is 1. The zero-order chi connectivity index (χ0) is 21.9. The van der Waals surface area contributed by atoms with Gasteiger partial charge in [0, 0.05) is 25.9 Å². The Hall–Kier alpha value is -1.16. The van der Waals surface area contributed by atoms with Gasteiger partial charge in [0.15, 0.2) is 0 Å². The molecule has 0 aromatic carbocycles. The molecule has 30 heavy (non-hydrogen) atoms. The molecule has 8 nitrogen and oxygen atoms in total. The van der Waals surface area contributed by atoms with E-state index in [-0.39, 0.29) is 24.3 Å². The molecule has 2 atom stereocenters. The molecule has 0 saturated heterocycles. The highest BCUT2D eigenvalue weighted by Crippen LogP contribution is 2.42. The number of rotatable bonds is 16. The lowest BCUT2D eigenvalue weighted by Gasteiger charge is -2.19. The third kappa shape index (κ3) is 9.76. The molecule has 176 valence electrons. The van der Waals surface area contributed by atoms with Crippen molar-refractivity contribution in [3.05, 3.63) is 12.7 Å². The molecule has 1 amide bonds. The van der Waals surface area contributed by atoms with E-state index in [2.05, 4.69) is 16.0 Å². The third-order valence-corrected chi connectivity index (χ3v) is 6.93. The van der Waals surface area contributed by atoms with E-state index >= 15 is 0 Å². The summed E-state index contributed by atoms with van der Waals surface area (Å²) in [7, 11) is -0.993. The molecule has 0 aromatic rings. The SMILES string of the molecule is C=C[C@@H]1C[C@]1(N)C(=O)NS(=O)(=O)N(C)CCCCCCCCCCCC(=O)OC.Cl. The zero-order valence-electron chi connectivity index (χ0n) is 18.2. The van der Waals surface area contributed by atoms with Gasteiger partial charge in [-0.3, -0.25) is 9.59 Å². The minimum atomic E-state index is -3.87. The van der Waals surface area contributed by atoms with E-state index < -0.39 is 21.7 Å². The van der Waals surface area contributed by atoms with Crippen LogP contribution in [0.5, 0.6) is 0 Å². The standard InChI is InChI=1S/C20H37N3O5S.ClH/c1-4-17-16-20(17,21)19(25)22-29(26,27)23(2)15-13-11-9-7-5-6-8-10-12-14-18(24)28-3;/h4,17H,1,5-16,21H2,2-3H3,(H,22,25);1H/t17-,20-;/m1./s1. The minimum absolute atomic E-state index is 0. The lowest BCUT2D eigenvalue weighted by Crippen LogP contribution is -2.50. The van der Waals surface area contributed by atoms with E-state index in [1.807, 2.05) is 0 Å². The first-order valence-electron chi connectivity index (χ1n) is 10.4. The number of hydrogen-bond donors (Lipinski definition) is 2. The molecule has 0 bridgehead atoms. The van der Waals surface area contributed by atoms with E-state index in [0.717, 1.165) is 57.8 Å². The zero-order valence-corrected chi connectivity index (χ0v) is 19.9. The van der Waals surface area contributed by atoms with Crippen LogP contribution in [0, 0.1) is 5.92 Å². The molecule has 1 fully saturated rings. The highest BCUT2D eigenvalue weighted by atomic mass is 35.5. The summed E-state index contributed by atoms with van der Waals surface area (Å²) in [4.78, 5) is 23.1. The van der Waals surface area contributed by atoms with Gasteiger partial charge in [-0.2, -0.15) is 12.7 Å². The Morgan fingerprint density at radius 3 is 2.10 bits per heavy atom. The van der Waals surface area contributed by atoms with E-state index in [1.165, 1.54) is 18.5 Å². The molecule has 0 unspecified atom stereocenters. The summed E-state index contributed by atoms with van der Waals surface area (Å²) in [6.45, 7) is 3.95. The fraction of sp³-hybridized carbons (Fsp3) is 0.800. The molecule has 0 spiro atoms. The van der Waals surface area contributed by atoms with Crippen LogP contribution in [-0.4, -0.2) is 50.8 Å². The van der Waals surface area contributed by atoms with Crippen LogP contribution in [0.25, 0.3) is 0 Å². The number of hydrogen-bond acceptors (Lipinski definition) is 6. The number of esters is 1. The highest BCUT2D eigenvalue weighted by Gasteiger charge is 2.56. The topological polar surface area (TPSA) is 119 Å². The van der Waals surface area contributed by atoms with E-state index in [1.54, 1.807) is 6.08 Å². The number of methoxy groups -OCH3 is 1. The number of nitrogens with zero attached hydrogens (tertiary/aromatic N) is 1. The summed E-state index contributed by atoms with van der Waals surface area (Å²) in [6, 6.07) is 0. The molecule has 1 rings (SSSR count). The van der Waals surface area contributed by atoms with Gasteiger partial charge in [-0.05, 0) is 19.3 Å². The first-order valence-corrected chi connectivity index (χ1v) is 11.9. The van der Waals surface area contributed by atoms with Crippen molar-refractivity contribution < 1.29 is 22.7 Å². The molecule has 1 aliphatic rings. The maximum absolute atomic E-state index is 12.2. The Labute approximate surface area is 187 Å². The number of nitrogens with one attached hydrogen (secondary N) is 1. The van der Waals surface area contributed by atoms with Crippen LogP contribution in [0.4, 0.5) is 0 Å². The molecule has 1 saturated carbocycles. The van der Waals surface area contributed by atoms with E-state index in [9.17, 15) is 18.0 Å². The van der Waals surface area contributed by atoms with Gasteiger partial charge in [-0.1, -0.05) is 51.0 Å². The van der Waals surface area contributed by atoms with Crippen LogP contribution in [0.1, 0.15) is 70.6 Å². The smallest absolute Gasteiger partial charge is 0.305 e. The molecule has 0 radical (unpaired) electrons. The highest BCUT2D eigenvalue weighted by molar-refractivity contribution is 7.87. The molecule has 0 heterocycles. The minimum Gasteiger partial charge on any atom is -0.469 e. The Morgan fingerprint density at radius 1 is 1.13 bits per heavy atom. The van der Waals surface area contributed by atoms with Gasteiger partial charge in [0.2, 0.25) is 0 Å². The number of carbonyl (C=O) groups is 2. The van der Waals surface area contributed by atoms with Crippen LogP contribution in [0.2, 0.25) is 0 Å². The predicted octanol–water partition coefficient (Wildman–Crippen LogP) is 2.68. The van der Waals surface area contributed by atoms with E-state index in [0.29, 0.717) is 19.4 Å². The molecule has 3 N–H and O–H groups in total. The Morgan fingerprint density at radius 2 is 1.63 bits per heavy atom. The van der Waals surface area contributed by atoms with Gasteiger partial charge >= 0.3 is 16.2 Å². The number of carbonyl (C=O) groups excluding carboxylic acids is 2. The van der Waals surface area contributed by atoms with Crippen molar-refractivity contribution >= 4 is 34.5 Å². The maximum Gasteiger partial charge on any atom is 0.305 e. The van der Waals surface area contributed by atoms with Crippen molar-refractivity contribution in [2.75, 3.05) is 20.7 Å². The van der Waals surface area contributed by atoms with Crippen LogP contribution in [0.3, 0.4) is 0 Å². The van der Waals surface area contributed by atoms with Crippen LogP contribution < -0.4 is 10.5 Å². The first kappa shape index (κ1) is 28.8. The summed E-state index contributed by atoms with van der Waals surface area (Å²) in [5.74, 6) is -0.982. The summed E-state index contributed by atoms with van der Waals surface area (Å²) in [5.41, 5.74) is 4.75. The monoisotopic (exact) mass is 467 g/mol. The van der Waals surface area contributed by atoms with Crippen molar-refractivity contribution in [1.29, 1.82) is 0 Å². The average Bonchev–Trinajstić information content (AvgIpc) is 3.37. The van der Waals surface area contributed by atoms with Crippen molar-refractivity contribution in [1.82, 2.24) is 9.03 Å². The quantitative estimate of drug-likeness (QED) is 0.204. The maximum atomic E-state index is 12.2. The Bertz CT molecular complexity index is 659. The average molecular weight is 468 g/mol. The molecule has 10 heteroatoms. The number of nitrogens with two attached hydrogens (primary N) is 1. The Kier molecular flexibility index (Phi) is 13.5. The summed E-state index contributed by atoms with van der Waals surface area (Å²) in [5, 5.41) is 0. The van der Waals surface area contributed by atoms with Gasteiger partial charge in [-0.25, -0.2) is 4.72 Å². The van der Waals surface area contributed by atoms with Crippen molar-refractivity contribution in [3.63, 3.8) is 0 Å². The molecule has 0 aliphatic heterocycles. The van der Waals surface area contributed by atoms with Crippen LogP contribution in [0.15, 0.2) is 12.7 Å². The predicted molar refractivity (Wildman–Crippen MR) is 120 cm³/mol. The largest absolute Gasteiger partial charge is 0.469 e. The second-order valence-electron chi connectivity index (χ2n) is 7.85. The van der Waals surface area contributed by atoms with Gasteiger partial charge < -0.3 is 10.5 Å². The first-order chi connectivity index (χ1) is 13.7. The molecule has 1 aliphatic carbocycles. The number of unbranched alkanes of at least 4 members (excludes halogenated alkanes) is 8. The van der Waals surface area contributed by atoms with Gasteiger partial charge in [-0.15, -0.1) is 19.0 Å². The summed E-state index contributed by atoms with van der Waals surface area (Å²) in [6.07, 6.45) is 11.7. The van der Waals surface area contributed by atoms with Crippen molar-refractivity contribution in [2.24, 2.45) is 11.7 Å². The lowest BCUT2D eigenvalue weighted by atomic mass is 10.1. The number of halogens is 1. The molecule has 0 aromatic heterocycles. The fourth-order valence-electron chi connectivity index (χ4n) is 3.21. The lowest BCUT2D eigenvalue weighted by molar-refractivity contribution is -0.140. The van der Waals surface area contributed by atoms with Crippen molar-refractivity contribution in [2.45, 2.75) is 76.2 Å². The summed E-state index contributed by atoms with van der Waals surface area (Å²) >= 11 is 0. The van der Waals surface area contributed by atoms with Gasteiger partial charge in [0.05, 0.1) is 7.11 Å². The molecular formula is C20H38ClN3O5S. The molecular weight excluding hydrogens is 430 g/mol. The second-order valence-corrected chi connectivity index (χ2v) is 9.63. The van der Waals surface area contributed by atoms with Gasteiger partial charge in [0.1, 0.15) is 5.54 Å². The normalized spacial score (nSPS) is 20.3. The van der Waals surface area contributed by atoms with Crippen LogP contribution in [-0.2, 0) is 24.5 Å². The van der Waals surface area contributed by atoms with Crippen LogP contribution >= 0.6 is 12.4 Å². The summed E-state index contributed by atoms with van der Waals surface area (Å²) < 4.78 is 32.3. The Balaban J connectivity index is 0.00000841. The second kappa shape index (κ2) is 14.0. The third-order valence-electron chi connectivity index (χ3n) is 5.48. The van der Waals surface area contributed by atoms with E-state index in [4.69, 9.17) is 5.73 Å². The van der Waals surface area contributed by atoms with Crippen molar-refractivity contribution in [3.8, 4) is 0 Å². The fourth-order valence-corrected chi connectivity index (χ4v) is 4.16. The number of amides is 1.